The highest BCUT2D eigenvalue weighted by Crippen LogP contribution is 2.13. The van der Waals surface area contributed by atoms with Crippen LogP contribution in [-0.4, -0.2) is 27.9 Å². The van der Waals surface area contributed by atoms with Crippen molar-refractivity contribution >= 4 is 17.6 Å². The van der Waals surface area contributed by atoms with Gasteiger partial charge in [-0.25, -0.2) is 0 Å². The van der Waals surface area contributed by atoms with E-state index >= 15 is 0 Å². The Morgan fingerprint density at radius 2 is 2.41 bits per heavy atom. The van der Waals surface area contributed by atoms with Crippen LogP contribution in [0.4, 0.5) is 0 Å². The molecule has 1 atom stereocenters. The first-order valence-electron chi connectivity index (χ1n) is 5.60. The Kier molecular flexibility index (Phi) is 4.96. The average Bonchev–Trinajstić information content (AvgIpc) is 2.64. The highest BCUT2D eigenvalue weighted by molar-refractivity contribution is 6.30. The molecule has 5 nitrogen and oxygen atoms in total. The second-order valence-electron chi connectivity index (χ2n) is 4.16. The Labute approximate surface area is 106 Å². The molecule has 96 valence electrons. The zero-order chi connectivity index (χ0) is 12.9. The van der Waals surface area contributed by atoms with E-state index in [-0.39, 0.29) is 5.97 Å². The molecule has 0 radical (unpaired) electrons. The maximum atomic E-state index is 11.5. The number of rotatable bonds is 6. The van der Waals surface area contributed by atoms with E-state index < -0.39 is 5.54 Å². The van der Waals surface area contributed by atoms with Gasteiger partial charge in [-0.3, -0.25) is 9.48 Å². The molecule has 0 aromatic carbocycles. The van der Waals surface area contributed by atoms with E-state index in [2.05, 4.69) is 5.10 Å². The van der Waals surface area contributed by atoms with Crippen LogP contribution in [-0.2, 0) is 16.1 Å². The predicted octanol–water partition coefficient (Wildman–Crippen LogP) is 1.60. The third-order valence-corrected chi connectivity index (χ3v) is 2.62. The number of aryl methyl sites for hydroxylation is 1. The smallest absolute Gasteiger partial charge is 0.325 e. The molecule has 0 amide bonds. The summed E-state index contributed by atoms with van der Waals surface area (Å²) in [5, 5.41) is 4.65. The summed E-state index contributed by atoms with van der Waals surface area (Å²) in [5.41, 5.74) is 4.95. The lowest BCUT2D eigenvalue weighted by molar-refractivity contribution is -0.149. The largest absolute Gasteiger partial charge is 0.465 e. The molecule has 17 heavy (non-hydrogen) atoms. The lowest BCUT2D eigenvalue weighted by Gasteiger charge is -2.21. The summed E-state index contributed by atoms with van der Waals surface area (Å²) in [6, 6.07) is 0. The van der Waals surface area contributed by atoms with Crippen LogP contribution in [0.2, 0.25) is 5.02 Å². The lowest BCUT2D eigenvalue weighted by atomic mass is 9.97. The normalized spacial score (nSPS) is 14.4. The number of halogens is 1. The van der Waals surface area contributed by atoms with Crippen molar-refractivity contribution in [2.45, 2.75) is 38.8 Å². The zero-order valence-corrected chi connectivity index (χ0v) is 10.9. The number of carbonyl (C=O) groups excluding carboxylic acids is 1. The standard InChI is InChI=1S/C11H18ClN3O2/c1-3-17-10(16)11(2,13)5-4-6-15-8-9(12)7-14-15/h7-8H,3-6,13H2,1-2H3. The monoisotopic (exact) mass is 259 g/mol. The molecule has 0 bridgehead atoms. The fraction of sp³-hybridized carbons (Fsp3) is 0.636. The molecule has 1 aromatic rings. The number of aromatic nitrogens is 2. The maximum Gasteiger partial charge on any atom is 0.325 e. The van der Waals surface area contributed by atoms with Crippen LogP contribution in [0.5, 0.6) is 0 Å². The third kappa shape index (κ3) is 4.36. The van der Waals surface area contributed by atoms with Gasteiger partial charge in [-0.15, -0.1) is 0 Å². The summed E-state index contributed by atoms with van der Waals surface area (Å²) in [6.07, 6.45) is 4.60. The van der Waals surface area contributed by atoms with Crippen molar-refractivity contribution in [3.8, 4) is 0 Å². The van der Waals surface area contributed by atoms with Gasteiger partial charge in [0.25, 0.3) is 0 Å². The summed E-state index contributed by atoms with van der Waals surface area (Å²) < 4.78 is 6.63. The Morgan fingerprint density at radius 1 is 1.71 bits per heavy atom. The lowest BCUT2D eigenvalue weighted by Crippen LogP contribution is -2.46. The van der Waals surface area contributed by atoms with Gasteiger partial charge in [-0.1, -0.05) is 11.6 Å². The molecular formula is C11H18ClN3O2. The van der Waals surface area contributed by atoms with Crippen molar-refractivity contribution in [1.82, 2.24) is 9.78 Å². The van der Waals surface area contributed by atoms with E-state index in [1.165, 1.54) is 0 Å². The topological polar surface area (TPSA) is 70.1 Å². The summed E-state index contributed by atoms with van der Waals surface area (Å²) in [4.78, 5) is 11.5. The predicted molar refractivity (Wildman–Crippen MR) is 65.7 cm³/mol. The van der Waals surface area contributed by atoms with Crippen LogP contribution in [0, 0.1) is 0 Å². The maximum absolute atomic E-state index is 11.5. The van der Waals surface area contributed by atoms with E-state index in [9.17, 15) is 4.79 Å². The average molecular weight is 260 g/mol. The van der Waals surface area contributed by atoms with Crippen LogP contribution in [0.25, 0.3) is 0 Å². The molecule has 2 N–H and O–H groups in total. The molecule has 0 aliphatic rings. The Bertz CT molecular complexity index is 377. The van der Waals surface area contributed by atoms with E-state index in [0.29, 0.717) is 24.6 Å². The minimum Gasteiger partial charge on any atom is -0.465 e. The van der Waals surface area contributed by atoms with Crippen molar-refractivity contribution in [2.75, 3.05) is 6.61 Å². The van der Waals surface area contributed by atoms with Crippen molar-refractivity contribution in [3.63, 3.8) is 0 Å². The van der Waals surface area contributed by atoms with Gasteiger partial charge in [0.15, 0.2) is 0 Å². The minimum absolute atomic E-state index is 0.348. The van der Waals surface area contributed by atoms with Gasteiger partial charge in [0.2, 0.25) is 0 Å². The van der Waals surface area contributed by atoms with E-state index in [0.717, 1.165) is 6.42 Å². The first kappa shape index (κ1) is 14.0. The van der Waals surface area contributed by atoms with Crippen LogP contribution in [0.15, 0.2) is 12.4 Å². The molecule has 0 saturated carbocycles. The highest BCUT2D eigenvalue weighted by atomic mass is 35.5. The first-order chi connectivity index (χ1) is 7.95. The third-order valence-electron chi connectivity index (χ3n) is 2.43. The van der Waals surface area contributed by atoms with E-state index in [1.807, 2.05) is 0 Å². The van der Waals surface area contributed by atoms with Gasteiger partial charge >= 0.3 is 5.97 Å². The molecule has 6 heteroatoms. The van der Waals surface area contributed by atoms with Crippen LogP contribution < -0.4 is 5.73 Å². The van der Waals surface area contributed by atoms with Crippen LogP contribution in [0.1, 0.15) is 26.7 Å². The number of hydrogen-bond acceptors (Lipinski definition) is 4. The van der Waals surface area contributed by atoms with Crippen LogP contribution >= 0.6 is 11.6 Å². The number of nitrogens with zero attached hydrogens (tertiary/aromatic N) is 2. The number of ether oxygens (including phenoxy) is 1. The second-order valence-corrected chi connectivity index (χ2v) is 4.60. The summed E-state index contributed by atoms with van der Waals surface area (Å²) in [6.45, 7) is 4.47. The van der Waals surface area contributed by atoms with Gasteiger partial charge in [0.1, 0.15) is 5.54 Å². The van der Waals surface area contributed by atoms with Gasteiger partial charge < -0.3 is 10.5 Å². The Hall–Kier alpha value is -1.07. The zero-order valence-electron chi connectivity index (χ0n) is 10.1. The number of hydrogen-bond donors (Lipinski definition) is 1. The van der Waals surface area contributed by atoms with Crippen molar-refractivity contribution < 1.29 is 9.53 Å². The summed E-state index contributed by atoms with van der Waals surface area (Å²) in [7, 11) is 0. The van der Waals surface area contributed by atoms with Gasteiger partial charge in [0.05, 0.1) is 17.8 Å². The molecule has 1 aromatic heterocycles. The Morgan fingerprint density at radius 3 is 2.94 bits per heavy atom. The van der Waals surface area contributed by atoms with Crippen molar-refractivity contribution in [3.05, 3.63) is 17.4 Å². The van der Waals surface area contributed by atoms with E-state index in [1.54, 1.807) is 30.9 Å². The number of esters is 1. The second kappa shape index (κ2) is 6.02. The quantitative estimate of drug-likeness (QED) is 0.788. The minimum atomic E-state index is -0.938. The molecule has 1 unspecified atom stereocenters. The first-order valence-corrected chi connectivity index (χ1v) is 5.97. The van der Waals surface area contributed by atoms with Crippen molar-refractivity contribution in [1.29, 1.82) is 0 Å². The van der Waals surface area contributed by atoms with Crippen LogP contribution in [0.3, 0.4) is 0 Å². The fourth-order valence-electron chi connectivity index (χ4n) is 1.47. The molecule has 0 spiro atoms. The summed E-state index contributed by atoms with van der Waals surface area (Å²) >= 11 is 5.74. The number of nitrogens with two attached hydrogens (primary N) is 1. The fourth-order valence-corrected chi connectivity index (χ4v) is 1.62. The van der Waals surface area contributed by atoms with Gasteiger partial charge in [-0.2, -0.15) is 5.10 Å². The molecule has 1 heterocycles. The molecule has 1 rings (SSSR count). The van der Waals surface area contributed by atoms with E-state index in [4.69, 9.17) is 22.1 Å². The Balaban J connectivity index is 2.37. The van der Waals surface area contributed by atoms with Crippen molar-refractivity contribution in [2.24, 2.45) is 5.73 Å². The summed E-state index contributed by atoms with van der Waals surface area (Å²) in [5.74, 6) is -0.363. The van der Waals surface area contributed by atoms with Gasteiger partial charge in [-0.05, 0) is 26.7 Å². The molecule has 0 fully saturated rings. The highest BCUT2D eigenvalue weighted by Gasteiger charge is 2.29. The SMILES string of the molecule is CCOC(=O)C(C)(N)CCCn1cc(Cl)cn1. The molecule has 0 aliphatic carbocycles. The molecule has 0 aliphatic heterocycles. The number of carbonyl (C=O) groups is 1. The molecular weight excluding hydrogens is 242 g/mol. The molecule has 0 saturated heterocycles. The van der Waals surface area contributed by atoms with Gasteiger partial charge in [0, 0.05) is 12.7 Å².